The smallest absolute Gasteiger partial charge is 0.0693 e. The van der Waals surface area contributed by atoms with Gasteiger partial charge >= 0.3 is 0 Å². The van der Waals surface area contributed by atoms with E-state index in [4.69, 9.17) is 0 Å². The standard InChI is InChI=1S/C16H25NO/c1-11-8-9-14(10-12(11)2)13(3)17-15-6-4-5-7-16(15)18/h8-10,13,15-18H,4-7H2,1-3H3. The molecule has 2 heteroatoms. The van der Waals surface area contributed by atoms with Crippen molar-refractivity contribution in [1.82, 2.24) is 5.32 Å². The van der Waals surface area contributed by atoms with Crippen LogP contribution in [0.5, 0.6) is 0 Å². The van der Waals surface area contributed by atoms with Crippen molar-refractivity contribution in [2.45, 2.75) is 64.6 Å². The Morgan fingerprint density at radius 2 is 1.89 bits per heavy atom. The molecule has 1 aliphatic carbocycles. The molecule has 0 spiro atoms. The minimum absolute atomic E-state index is 0.173. The molecule has 0 heterocycles. The molecular formula is C16H25NO. The van der Waals surface area contributed by atoms with Crippen LogP contribution >= 0.6 is 0 Å². The van der Waals surface area contributed by atoms with Gasteiger partial charge < -0.3 is 10.4 Å². The highest BCUT2D eigenvalue weighted by atomic mass is 16.3. The second kappa shape index (κ2) is 5.85. The zero-order valence-electron chi connectivity index (χ0n) is 11.7. The first-order valence-corrected chi connectivity index (χ1v) is 7.09. The molecule has 0 aromatic heterocycles. The monoisotopic (exact) mass is 247 g/mol. The molecule has 0 bridgehead atoms. The molecule has 18 heavy (non-hydrogen) atoms. The number of aryl methyl sites for hydroxylation is 2. The second-order valence-electron chi connectivity index (χ2n) is 5.69. The van der Waals surface area contributed by atoms with Crippen molar-refractivity contribution in [3.63, 3.8) is 0 Å². The number of aliphatic hydroxyl groups is 1. The molecule has 1 fully saturated rings. The number of aliphatic hydroxyl groups excluding tert-OH is 1. The highest BCUT2D eigenvalue weighted by molar-refractivity contribution is 5.31. The van der Waals surface area contributed by atoms with E-state index in [0.29, 0.717) is 6.04 Å². The average molecular weight is 247 g/mol. The van der Waals surface area contributed by atoms with Gasteiger partial charge in [-0.3, -0.25) is 0 Å². The third kappa shape index (κ3) is 3.12. The summed E-state index contributed by atoms with van der Waals surface area (Å²) in [6.45, 7) is 6.48. The van der Waals surface area contributed by atoms with E-state index >= 15 is 0 Å². The van der Waals surface area contributed by atoms with Crippen molar-refractivity contribution >= 4 is 0 Å². The SMILES string of the molecule is Cc1ccc(C(C)NC2CCCCC2O)cc1C. The van der Waals surface area contributed by atoms with E-state index < -0.39 is 0 Å². The van der Waals surface area contributed by atoms with Gasteiger partial charge in [-0.15, -0.1) is 0 Å². The molecule has 100 valence electrons. The van der Waals surface area contributed by atoms with Crippen LogP contribution in [0.15, 0.2) is 18.2 Å². The number of rotatable bonds is 3. The molecule has 0 saturated heterocycles. The Balaban J connectivity index is 2.02. The maximum absolute atomic E-state index is 10.0. The first kappa shape index (κ1) is 13.6. The van der Waals surface area contributed by atoms with Crippen molar-refractivity contribution in [2.75, 3.05) is 0 Å². The molecule has 2 N–H and O–H groups in total. The molecule has 1 saturated carbocycles. The zero-order valence-corrected chi connectivity index (χ0v) is 11.7. The van der Waals surface area contributed by atoms with Gasteiger partial charge in [-0.1, -0.05) is 31.0 Å². The lowest BCUT2D eigenvalue weighted by Crippen LogP contribution is -2.43. The Morgan fingerprint density at radius 1 is 1.17 bits per heavy atom. The van der Waals surface area contributed by atoms with Gasteiger partial charge in [0.15, 0.2) is 0 Å². The minimum Gasteiger partial charge on any atom is -0.392 e. The molecule has 0 radical (unpaired) electrons. The van der Waals surface area contributed by atoms with Crippen molar-refractivity contribution < 1.29 is 5.11 Å². The lowest BCUT2D eigenvalue weighted by atomic mass is 9.91. The van der Waals surface area contributed by atoms with E-state index in [1.165, 1.54) is 23.1 Å². The summed E-state index contributed by atoms with van der Waals surface area (Å²) in [6.07, 6.45) is 4.26. The predicted molar refractivity (Wildman–Crippen MR) is 75.7 cm³/mol. The summed E-state index contributed by atoms with van der Waals surface area (Å²) < 4.78 is 0. The third-order valence-corrected chi connectivity index (χ3v) is 4.22. The molecule has 0 amide bonds. The first-order chi connectivity index (χ1) is 8.58. The zero-order chi connectivity index (χ0) is 13.1. The van der Waals surface area contributed by atoms with E-state index in [-0.39, 0.29) is 12.1 Å². The number of hydrogen-bond acceptors (Lipinski definition) is 2. The van der Waals surface area contributed by atoms with Crippen LogP contribution in [-0.4, -0.2) is 17.3 Å². The largest absolute Gasteiger partial charge is 0.392 e. The topological polar surface area (TPSA) is 32.3 Å². The van der Waals surface area contributed by atoms with Crippen molar-refractivity contribution in [3.05, 3.63) is 34.9 Å². The van der Waals surface area contributed by atoms with Crippen LogP contribution < -0.4 is 5.32 Å². The van der Waals surface area contributed by atoms with Crippen LogP contribution in [0.1, 0.15) is 55.3 Å². The van der Waals surface area contributed by atoms with Gasteiger partial charge in [0.1, 0.15) is 0 Å². The molecule has 2 rings (SSSR count). The molecule has 3 unspecified atom stereocenters. The summed E-state index contributed by atoms with van der Waals surface area (Å²) in [6, 6.07) is 7.19. The highest BCUT2D eigenvalue weighted by Crippen LogP contribution is 2.23. The van der Waals surface area contributed by atoms with Gasteiger partial charge in [-0.25, -0.2) is 0 Å². The van der Waals surface area contributed by atoms with Crippen LogP contribution in [0.3, 0.4) is 0 Å². The van der Waals surface area contributed by atoms with Crippen molar-refractivity contribution in [1.29, 1.82) is 0 Å². The van der Waals surface area contributed by atoms with E-state index in [0.717, 1.165) is 19.3 Å². The Labute approximate surface area is 110 Å². The van der Waals surface area contributed by atoms with Crippen LogP contribution in [0.25, 0.3) is 0 Å². The Morgan fingerprint density at radius 3 is 2.56 bits per heavy atom. The van der Waals surface area contributed by atoms with E-state index in [2.05, 4.69) is 44.3 Å². The van der Waals surface area contributed by atoms with Gasteiger partial charge in [0.25, 0.3) is 0 Å². The Kier molecular flexibility index (Phi) is 4.41. The average Bonchev–Trinajstić information content (AvgIpc) is 2.35. The molecule has 0 aliphatic heterocycles. The fourth-order valence-corrected chi connectivity index (χ4v) is 2.76. The van der Waals surface area contributed by atoms with Crippen molar-refractivity contribution in [2.24, 2.45) is 0 Å². The van der Waals surface area contributed by atoms with E-state index in [1.54, 1.807) is 0 Å². The summed E-state index contributed by atoms with van der Waals surface area (Å²) in [5, 5.41) is 13.6. The highest BCUT2D eigenvalue weighted by Gasteiger charge is 2.24. The molecule has 2 nitrogen and oxygen atoms in total. The Hall–Kier alpha value is -0.860. The molecule has 1 aromatic rings. The molecular weight excluding hydrogens is 222 g/mol. The van der Waals surface area contributed by atoms with E-state index in [1.807, 2.05) is 0 Å². The maximum Gasteiger partial charge on any atom is 0.0693 e. The summed E-state index contributed by atoms with van der Waals surface area (Å²) in [5.74, 6) is 0. The fraction of sp³-hybridized carbons (Fsp3) is 0.625. The lowest BCUT2D eigenvalue weighted by Gasteiger charge is -2.31. The second-order valence-corrected chi connectivity index (χ2v) is 5.69. The van der Waals surface area contributed by atoms with Gasteiger partial charge in [-0.05, 0) is 50.3 Å². The van der Waals surface area contributed by atoms with Gasteiger partial charge in [-0.2, -0.15) is 0 Å². The van der Waals surface area contributed by atoms with Crippen LogP contribution in [-0.2, 0) is 0 Å². The van der Waals surface area contributed by atoms with Crippen molar-refractivity contribution in [3.8, 4) is 0 Å². The lowest BCUT2D eigenvalue weighted by molar-refractivity contribution is 0.0860. The molecule has 1 aliphatic rings. The third-order valence-electron chi connectivity index (χ3n) is 4.22. The van der Waals surface area contributed by atoms with Gasteiger partial charge in [0.2, 0.25) is 0 Å². The summed E-state index contributed by atoms with van der Waals surface area (Å²) in [5.41, 5.74) is 3.99. The van der Waals surface area contributed by atoms with E-state index in [9.17, 15) is 5.11 Å². The minimum atomic E-state index is -0.173. The van der Waals surface area contributed by atoms with Crippen LogP contribution in [0, 0.1) is 13.8 Å². The van der Waals surface area contributed by atoms with Crippen LogP contribution in [0.2, 0.25) is 0 Å². The van der Waals surface area contributed by atoms with Gasteiger partial charge in [0.05, 0.1) is 6.10 Å². The summed E-state index contributed by atoms with van der Waals surface area (Å²) >= 11 is 0. The number of benzene rings is 1. The molecule has 1 aromatic carbocycles. The first-order valence-electron chi connectivity index (χ1n) is 7.09. The van der Waals surface area contributed by atoms with Gasteiger partial charge in [0, 0.05) is 12.1 Å². The number of nitrogens with one attached hydrogen (secondary N) is 1. The fourth-order valence-electron chi connectivity index (χ4n) is 2.76. The summed E-state index contributed by atoms with van der Waals surface area (Å²) in [4.78, 5) is 0. The Bertz CT molecular complexity index is 402. The maximum atomic E-state index is 10.0. The predicted octanol–water partition coefficient (Wildman–Crippen LogP) is 3.26. The van der Waals surface area contributed by atoms with Crippen LogP contribution in [0.4, 0.5) is 0 Å². The summed E-state index contributed by atoms with van der Waals surface area (Å²) in [7, 11) is 0. The molecule has 3 atom stereocenters. The quantitative estimate of drug-likeness (QED) is 0.859. The normalized spacial score (nSPS) is 26.0. The number of hydrogen-bond donors (Lipinski definition) is 2.